The molecule has 1 aromatic heterocycles. The molecule has 0 aliphatic rings. The topological polar surface area (TPSA) is 27.8 Å². The molecule has 0 aliphatic heterocycles. The largest absolute Gasteiger partial charge is 0.392 e. The number of rotatable bonds is 3. The van der Waals surface area contributed by atoms with Gasteiger partial charge in [0.25, 0.3) is 0 Å². The molecule has 0 saturated carbocycles. The zero-order valence-electron chi connectivity index (χ0n) is 8.30. The van der Waals surface area contributed by atoms with Crippen LogP contribution in [-0.4, -0.2) is 12.0 Å². The van der Waals surface area contributed by atoms with Crippen molar-refractivity contribution < 1.29 is 0 Å². The first kappa shape index (κ1) is 8.88. The Bertz CT molecular complexity index is 454. The number of nitrogens with one attached hydrogen (secondary N) is 2. The number of fused-ring (bicyclic) bond motifs is 1. The Morgan fingerprint density at radius 1 is 1.43 bits per heavy atom. The fourth-order valence-corrected chi connectivity index (χ4v) is 1.60. The van der Waals surface area contributed by atoms with Gasteiger partial charge in [-0.15, -0.1) is 0 Å². The second kappa shape index (κ2) is 3.58. The van der Waals surface area contributed by atoms with Crippen molar-refractivity contribution in [3.63, 3.8) is 0 Å². The molecule has 1 heterocycles. The van der Waals surface area contributed by atoms with Crippen molar-refractivity contribution >= 4 is 10.9 Å². The van der Waals surface area contributed by atoms with Gasteiger partial charge in [0.2, 0.25) is 0 Å². The molecular formula is C12H14N2. The molecular weight excluding hydrogens is 172 g/mol. The maximum Gasteiger partial charge on any atom is 0.0456 e. The van der Waals surface area contributed by atoms with Crippen molar-refractivity contribution in [3.05, 3.63) is 48.3 Å². The number of likely N-dealkylation sites (N-methyl/N-ethyl adjacent to an activating group) is 1. The van der Waals surface area contributed by atoms with E-state index in [2.05, 4.69) is 35.1 Å². The van der Waals surface area contributed by atoms with Gasteiger partial charge in [-0.3, -0.25) is 0 Å². The van der Waals surface area contributed by atoms with Gasteiger partial charge < -0.3 is 10.3 Å². The predicted molar refractivity (Wildman–Crippen MR) is 60.2 cm³/mol. The van der Waals surface area contributed by atoms with E-state index in [1.54, 1.807) is 0 Å². The molecule has 2 aromatic rings. The van der Waals surface area contributed by atoms with Crippen LogP contribution in [0, 0.1) is 0 Å². The molecule has 0 amide bonds. The van der Waals surface area contributed by atoms with Crippen LogP contribution in [0.25, 0.3) is 10.9 Å². The lowest BCUT2D eigenvalue weighted by Gasteiger charge is -2.02. The first-order valence-corrected chi connectivity index (χ1v) is 4.72. The van der Waals surface area contributed by atoms with Gasteiger partial charge in [-0.25, -0.2) is 0 Å². The van der Waals surface area contributed by atoms with Crippen LogP contribution in [0.1, 0.15) is 5.56 Å². The van der Waals surface area contributed by atoms with Gasteiger partial charge in [-0.05, 0) is 11.6 Å². The van der Waals surface area contributed by atoms with Crippen molar-refractivity contribution in [2.75, 3.05) is 7.05 Å². The molecule has 0 saturated heterocycles. The molecule has 2 N–H and O–H groups in total. The maximum absolute atomic E-state index is 3.93. The highest BCUT2D eigenvalue weighted by Gasteiger charge is 2.02. The summed E-state index contributed by atoms with van der Waals surface area (Å²) in [6.07, 6.45) is 2.92. The van der Waals surface area contributed by atoms with Crippen molar-refractivity contribution in [1.82, 2.24) is 10.3 Å². The van der Waals surface area contributed by atoms with E-state index >= 15 is 0 Å². The minimum absolute atomic E-state index is 0.876. The van der Waals surface area contributed by atoms with Gasteiger partial charge in [-0.2, -0.15) is 0 Å². The quantitative estimate of drug-likeness (QED) is 0.757. The van der Waals surface area contributed by atoms with E-state index in [0.29, 0.717) is 0 Å². The number of H-pyrrole nitrogens is 1. The van der Waals surface area contributed by atoms with E-state index in [1.807, 2.05) is 19.3 Å². The average Bonchev–Trinajstić information content (AvgIpc) is 2.62. The molecule has 0 bridgehead atoms. The third kappa shape index (κ3) is 1.51. The molecule has 0 radical (unpaired) electrons. The molecule has 1 aromatic carbocycles. The lowest BCUT2D eigenvalue weighted by molar-refractivity contribution is 0.932. The van der Waals surface area contributed by atoms with Crippen LogP contribution in [0.5, 0.6) is 0 Å². The molecule has 2 heteroatoms. The number of hydrogen-bond acceptors (Lipinski definition) is 1. The number of hydrogen-bond donors (Lipinski definition) is 2. The minimum atomic E-state index is 0.876. The van der Waals surface area contributed by atoms with Crippen LogP contribution in [0.3, 0.4) is 0 Å². The molecule has 0 atom stereocenters. The van der Waals surface area contributed by atoms with E-state index in [0.717, 1.165) is 12.1 Å². The maximum atomic E-state index is 3.93. The third-order valence-corrected chi connectivity index (χ3v) is 2.43. The summed E-state index contributed by atoms with van der Waals surface area (Å²) in [7, 11) is 1.90. The highest BCUT2D eigenvalue weighted by atomic mass is 14.8. The predicted octanol–water partition coefficient (Wildman–Crippen LogP) is 2.44. The summed E-state index contributed by atoms with van der Waals surface area (Å²) in [5.41, 5.74) is 3.51. The van der Waals surface area contributed by atoms with Crippen LogP contribution in [0.2, 0.25) is 0 Å². The number of allylic oxidation sites excluding steroid dienone is 1. The Morgan fingerprint density at radius 3 is 3.00 bits per heavy atom. The van der Waals surface area contributed by atoms with Gasteiger partial charge in [0.15, 0.2) is 0 Å². The summed E-state index contributed by atoms with van der Waals surface area (Å²) in [4.78, 5) is 3.25. The number of para-hydroxylation sites is 1. The van der Waals surface area contributed by atoms with Gasteiger partial charge in [-0.1, -0.05) is 24.8 Å². The van der Waals surface area contributed by atoms with E-state index in [-0.39, 0.29) is 0 Å². The molecule has 72 valence electrons. The van der Waals surface area contributed by atoms with Crippen LogP contribution in [-0.2, 0) is 6.42 Å². The molecule has 2 nitrogen and oxygen atoms in total. The van der Waals surface area contributed by atoms with Crippen molar-refractivity contribution in [2.45, 2.75) is 6.42 Å². The van der Waals surface area contributed by atoms with Gasteiger partial charge in [0, 0.05) is 36.3 Å². The first-order chi connectivity index (χ1) is 6.81. The normalized spacial score (nSPS) is 10.4. The van der Waals surface area contributed by atoms with E-state index in [9.17, 15) is 0 Å². The molecule has 0 fully saturated rings. The molecule has 0 spiro atoms. The number of aromatic amines is 1. The summed E-state index contributed by atoms with van der Waals surface area (Å²) in [6.45, 7) is 3.93. The summed E-state index contributed by atoms with van der Waals surface area (Å²) < 4.78 is 0. The Morgan fingerprint density at radius 2 is 2.21 bits per heavy atom. The fourth-order valence-electron chi connectivity index (χ4n) is 1.60. The van der Waals surface area contributed by atoms with E-state index in [1.165, 1.54) is 16.5 Å². The molecule has 2 rings (SSSR count). The third-order valence-electron chi connectivity index (χ3n) is 2.43. The average molecular weight is 186 g/mol. The van der Waals surface area contributed by atoms with Crippen molar-refractivity contribution in [2.24, 2.45) is 0 Å². The fraction of sp³-hybridized carbons (Fsp3) is 0.167. The molecule has 14 heavy (non-hydrogen) atoms. The standard InChI is InChI=1S/C12H14N2/c1-9(13-2)7-10-8-14-12-6-4-3-5-11(10)12/h3-6,8,13-14H,1,7H2,2H3. The molecule has 0 unspecified atom stereocenters. The van der Waals surface area contributed by atoms with Crippen LogP contribution in [0.4, 0.5) is 0 Å². The van der Waals surface area contributed by atoms with Crippen LogP contribution >= 0.6 is 0 Å². The zero-order valence-corrected chi connectivity index (χ0v) is 8.30. The Kier molecular flexibility index (Phi) is 2.27. The lowest BCUT2D eigenvalue weighted by atomic mass is 10.1. The van der Waals surface area contributed by atoms with Crippen molar-refractivity contribution in [3.8, 4) is 0 Å². The Hall–Kier alpha value is -1.70. The van der Waals surface area contributed by atoms with E-state index in [4.69, 9.17) is 0 Å². The smallest absolute Gasteiger partial charge is 0.0456 e. The monoisotopic (exact) mass is 186 g/mol. The number of benzene rings is 1. The van der Waals surface area contributed by atoms with Crippen molar-refractivity contribution in [1.29, 1.82) is 0 Å². The number of aromatic nitrogens is 1. The highest BCUT2D eigenvalue weighted by Crippen LogP contribution is 2.19. The summed E-state index contributed by atoms with van der Waals surface area (Å²) in [5.74, 6) is 0. The zero-order chi connectivity index (χ0) is 9.97. The molecule has 0 aliphatic carbocycles. The second-order valence-electron chi connectivity index (χ2n) is 3.39. The summed E-state index contributed by atoms with van der Waals surface area (Å²) >= 11 is 0. The lowest BCUT2D eigenvalue weighted by Crippen LogP contribution is -2.06. The van der Waals surface area contributed by atoms with Crippen LogP contribution in [0.15, 0.2) is 42.7 Å². The Balaban J connectivity index is 2.38. The SMILES string of the molecule is C=C(Cc1c[nH]c2ccccc12)NC. The van der Waals surface area contributed by atoms with Gasteiger partial charge >= 0.3 is 0 Å². The van der Waals surface area contributed by atoms with Gasteiger partial charge in [0.05, 0.1) is 0 Å². The Labute approximate surface area is 83.6 Å². The van der Waals surface area contributed by atoms with Crippen LogP contribution < -0.4 is 5.32 Å². The summed E-state index contributed by atoms with van der Waals surface area (Å²) in [6, 6.07) is 8.31. The minimum Gasteiger partial charge on any atom is -0.392 e. The highest BCUT2D eigenvalue weighted by molar-refractivity contribution is 5.83. The second-order valence-corrected chi connectivity index (χ2v) is 3.39. The van der Waals surface area contributed by atoms with Gasteiger partial charge in [0.1, 0.15) is 0 Å². The summed E-state index contributed by atoms with van der Waals surface area (Å²) in [5, 5.41) is 4.34. The van der Waals surface area contributed by atoms with E-state index < -0.39 is 0 Å². The first-order valence-electron chi connectivity index (χ1n) is 4.72.